The van der Waals surface area contributed by atoms with Gasteiger partial charge in [-0.2, -0.15) is 0 Å². The molecule has 0 amide bonds. The number of carbonyl (C=O) groups excluding carboxylic acids is 1. The predicted octanol–water partition coefficient (Wildman–Crippen LogP) is 3.51. The topological polar surface area (TPSA) is 70.6 Å². The highest BCUT2D eigenvalue weighted by Crippen LogP contribution is 2.36. The summed E-state index contributed by atoms with van der Waals surface area (Å²) in [6, 6.07) is 13.6. The molecular formula is C21H21N5O2S2. The molecule has 1 aromatic carbocycles. The van der Waals surface area contributed by atoms with Gasteiger partial charge in [0.15, 0.2) is 5.11 Å². The fourth-order valence-electron chi connectivity index (χ4n) is 3.23. The third kappa shape index (κ3) is 4.42. The summed E-state index contributed by atoms with van der Waals surface area (Å²) in [7, 11) is 1.38. The summed E-state index contributed by atoms with van der Waals surface area (Å²) in [6.45, 7) is 3.04. The van der Waals surface area contributed by atoms with Crippen LogP contribution in [-0.2, 0) is 4.74 Å². The van der Waals surface area contributed by atoms with Crippen molar-refractivity contribution in [3.8, 4) is 10.4 Å². The maximum atomic E-state index is 12.3. The summed E-state index contributed by atoms with van der Waals surface area (Å²) in [5.74, 6) is 0.347. The molecule has 1 N–H and O–H groups in total. The highest BCUT2D eigenvalue weighted by Gasteiger charge is 2.23. The van der Waals surface area contributed by atoms with Crippen molar-refractivity contribution in [1.82, 2.24) is 14.9 Å². The highest BCUT2D eigenvalue weighted by atomic mass is 32.1. The number of ether oxygens (including phenoxy) is 1. The van der Waals surface area contributed by atoms with Crippen LogP contribution < -0.4 is 10.2 Å². The summed E-state index contributed by atoms with van der Waals surface area (Å²) < 4.78 is 4.97. The number of carbonyl (C=O) groups is 1. The normalized spacial score (nSPS) is 13.8. The molecule has 1 fully saturated rings. The van der Waals surface area contributed by atoms with Crippen molar-refractivity contribution >= 4 is 45.6 Å². The SMILES string of the molecule is COC(=O)c1cc(-c2ccccc2)sc1NC(=S)N1CCN(c2ncccn2)CC1. The highest BCUT2D eigenvalue weighted by molar-refractivity contribution is 7.80. The smallest absolute Gasteiger partial charge is 0.340 e. The molecule has 0 radical (unpaired) electrons. The number of anilines is 2. The number of piperazine rings is 1. The third-order valence-corrected chi connectivity index (χ3v) is 6.28. The molecule has 0 atom stereocenters. The average Bonchev–Trinajstić information content (AvgIpc) is 3.23. The van der Waals surface area contributed by atoms with E-state index in [9.17, 15) is 4.79 Å². The molecule has 1 aliphatic rings. The Morgan fingerprint density at radius 1 is 1.10 bits per heavy atom. The van der Waals surface area contributed by atoms with Gasteiger partial charge in [0.05, 0.1) is 12.7 Å². The van der Waals surface area contributed by atoms with E-state index in [-0.39, 0.29) is 5.97 Å². The number of benzene rings is 1. The Labute approximate surface area is 184 Å². The second-order valence-electron chi connectivity index (χ2n) is 6.66. The van der Waals surface area contributed by atoms with Crippen LogP contribution >= 0.6 is 23.6 Å². The van der Waals surface area contributed by atoms with Gasteiger partial charge >= 0.3 is 5.97 Å². The second kappa shape index (κ2) is 9.19. The fourth-order valence-corrected chi connectivity index (χ4v) is 4.63. The molecule has 1 saturated heterocycles. The third-order valence-electron chi connectivity index (χ3n) is 4.82. The number of rotatable bonds is 4. The molecule has 0 saturated carbocycles. The maximum absolute atomic E-state index is 12.3. The molecule has 3 aromatic rings. The zero-order chi connectivity index (χ0) is 20.9. The first kappa shape index (κ1) is 20.2. The second-order valence-corrected chi connectivity index (χ2v) is 8.10. The van der Waals surface area contributed by atoms with Gasteiger partial charge in [0.2, 0.25) is 5.95 Å². The number of nitrogens with zero attached hydrogens (tertiary/aromatic N) is 4. The van der Waals surface area contributed by atoms with Crippen LogP contribution in [0.3, 0.4) is 0 Å². The lowest BCUT2D eigenvalue weighted by Gasteiger charge is -2.36. The molecule has 0 unspecified atom stereocenters. The first-order chi connectivity index (χ1) is 14.7. The summed E-state index contributed by atoms with van der Waals surface area (Å²) in [4.78, 5) is 26.1. The summed E-state index contributed by atoms with van der Waals surface area (Å²) in [5.41, 5.74) is 1.53. The standard InChI is InChI=1S/C21H21N5O2S2/c1-28-19(27)16-14-17(15-6-3-2-4-7-15)30-18(16)24-21(29)26-12-10-25(11-13-26)20-22-8-5-9-23-20/h2-9,14H,10-13H2,1H3,(H,24,29). The van der Waals surface area contributed by atoms with Crippen molar-refractivity contribution in [3.05, 3.63) is 60.4 Å². The molecule has 2 aromatic heterocycles. The molecule has 7 nitrogen and oxygen atoms in total. The minimum atomic E-state index is -0.384. The lowest BCUT2D eigenvalue weighted by Crippen LogP contribution is -2.50. The lowest BCUT2D eigenvalue weighted by atomic mass is 10.1. The van der Waals surface area contributed by atoms with Gasteiger partial charge in [0.25, 0.3) is 0 Å². The number of hydrogen-bond donors (Lipinski definition) is 1. The van der Waals surface area contributed by atoms with E-state index in [0.29, 0.717) is 15.7 Å². The van der Waals surface area contributed by atoms with Crippen LogP contribution in [-0.4, -0.2) is 59.2 Å². The van der Waals surface area contributed by atoms with Gasteiger partial charge in [-0.1, -0.05) is 30.3 Å². The molecule has 0 aliphatic carbocycles. The molecule has 154 valence electrons. The number of nitrogens with one attached hydrogen (secondary N) is 1. The van der Waals surface area contributed by atoms with Crippen LogP contribution in [0.1, 0.15) is 10.4 Å². The zero-order valence-electron chi connectivity index (χ0n) is 16.4. The molecule has 3 heterocycles. The Bertz CT molecular complexity index is 1020. The maximum Gasteiger partial charge on any atom is 0.340 e. The molecule has 9 heteroatoms. The molecule has 1 aliphatic heterocycles. The van der Waals surface area contributed by atoms with Crippen molar-refractivity contribution in [1.29, 1.82) is 0 Å². The van der Waals surface area contributed by atoms with Crippen molar-refractivity contribution in [2.75, 3.05) is 43.5 Å². The first-order valence-corrected chi connectivity index (χ1v) is 10.7. The van der Waals surface area contributed by atoms with Crippen molar-refractivity contribution in [2.24, 2.45) is 0 Å². The first-order valence-electron chi connectivity index (χ1n) is 9.51. The van der Waals surface area contributed by atoms with Crippen LogP contribution in [0.15, 0.2) is 54.9 Å². The van der Waals surface area contributed by atoms with E-state index in [2.05, 4.69) is 25.1 Å². The van der Waals surface area contributed by atoms with Crippen molar-refractivity contribution < 1.29 is 9.53 Å². The minimum Gasteiger partial charge on any atom is -0.465 e. The quantitative estimate of drug-likeness (QED) is 0.489. The van der Waals surface area contributed by atoms with Gasteiger partial charge in [0.1, 0.15) is 5.00 Å². The van der Waals surface area contributed by atoms with Crippen LogP contribution in [0.5, 0.6) is 0 Å². The molecular weight excluding hydrogens is 418 g/mol. The number of methoxy groups -OCH3 is 1. The van der Waals surface area contributed by atoms with Gasteiger partial charge < -0.3 is 19.9 Å². The minimum absolute atomic E-state index is 0.384. The molecule has 0 spiro atoms. The molecule has 4 rings (SSSR count). The van der Waals surface area contributed by atoms with Gasteiger partial charge in [0, 0.05) is 43.4 Å². The van der Waals surface area contributed by atoms with E-state index in [1.54, 1.807) is 12.4 Å². The van der Waals surface area contributed by atoms with E-state index in [0.717, 1.165) is 42.6 Å². The van der Waals surface area contributed by atoms with E-state index >= 15 is 0 Å². The monoisotopic (exact) mass is 439 g/mol. The summed E-state index contributed by atoms with van der Waals surface area (Å²) in [6.07, 6.45) is 3.49. The zero-order valence-corrected chi connectivity index (χ0v) is 18.1. The van der Waals surface area contributed by atoms with Gasteiger partial charge in [-0.3, -0.25) is 0 Å². The average molecular weight is 440 g/mol. The Balaban J connectivity index is 1.46. The Hall–Kier alpha value is -3.04. The predicted molar refractivity (Wildman–Crippen MR) is 123 cm³/mol. The van der Waals surface area contributed by atoms with E-state index in [4.69, 9.17) is 17.0 Å². The number of esters is 1. The van der Waals surface area contributed by atoms with Crippen molar-refractivity contribution in [2.45, 2.75) is 0 Å². The van der Waals surface area contributed by atoms with Crippen molar-refractivity contribution in [3.63, 3.8) is 0 Å². The van der Waals surface area contributed by atoms with Crippen LogP contribution in [0, 0.1) is 0 Å². The molecule has 0 bridgehead atoms. The fraction of sp³-hybridized carbons (Fsp3) is 0.238. The Morgan fingerprint density at radius 2 is 1.80 bits per heavy atom. The van der Waals surface area contributed by atoms with Crippen LogP contribution in [0.25, 0.3) is 10.4 Å². The lowest BCUT2D eigenvalue weighted by molar-refractivity contribution is 0.0602. The Morgan fingerprint density at radius 3 is 2.47 bits per heavy atom. The van der Waals surface area contributed by atoms with Crippen LogP contribution in [0.4, 0.5) is 10.9 Å². The van der Waals surface area contributed by atoms with Gasteiger partial charge in [-0.05, 0) is 29.9 Å². The van der Waals surface area contributed by atoms with Gasteiger partial charge in [-0.15, -0.1) is 11.3 Å². The Kier molecular flexibility index (Phi) is 6.20. The molecule has 30 heavy (non-hydrogen) atoms. The van der Waals surface area contributed by atoms with Gasteiger partial charge in [-0.25, -0.2) is 14.8 Å². The number of hydrogen-bond acceptors (Lipinski definition) is 7. The van der Waals surface area contributed by atoms with E-state index in [1.807, 2.05) is 42.5 Å². The number of thiophene rings is 1. The largest absolute Gasteiger partial charge is 0.465 e. The number of thiocarbonyl (C=S) groups is 1. The summed E-state index contributed by atoms with van der Waals surface area (Å²) >= 11 is 7.13. The van der Waals surface area contributed by atoms with E-state index in [1.165, 1.54) is 18.4 Å². The number of aromatic nitrogens is 2. The van der Waals surface area contributed by atoms with Crippen LogP contribution in [0.2, 0.25) is 0 Å². The van der Waals surface area contributed by atoms with E-state index < -0.39 is 0 Å². The summed E-state index contributed by atoms with van der Waals surface area (Å²) in [5, 5.41) is 4.55.